The van der Waals surface area contributed by atoms with Gasteiger partial charge >= 0.3 is 18.4 Å². The van der Waals surface area contributed by atoms with Crippen LogP contribution < -0.4 is 10.1 Å². The van der Waals surface area contributed by atoms with Crippen LogP contribution in [0.2, 0.25) is 0 Å². The molecular weight excluding hydrogens is 408 g/mol. The van der Waals surface area contributed by atoms with Crippen molar-refractivity contribution in [2.24, 2.45) is 5.10 Å². The Morgan fingerprint density at radius 3 is 2.57 bits per heavy atom. The lowest BCUT2D eigenvalue weighted by Gasteiger charge is -2.33. The van der Waals surface area contributed by atoms with E-state index in [0.717, 1.165) is 12.1 Å². The average molecular weight is 422 g/mol. The Morgan fingerprint density at radius 1 is 1.20 bits per heavy atom. The molecule has 0 bridgehead atoms. The van der Waals surface area contributed by atoms with Gasteiger partial charge in [0.25, 0.3) is 0 Å². The van der Waals surface area contributed by atoms with Gasteiger partial charge in [-0.05, 0) is 54.4 Å². The molecule has 1 aliphatic carbocycles. The summed E-state index contributed by atoms with van der Waals surface area (Å²) < 4.78 is 54.0. The number of benzene rings is 2. The fourth-order valence-corrected chi connectivity index (χ4v) is 3.39. The summed E-state index contributed by atoms with van der Waals surface area (Å²) in [6.07, 6.45) is -4.45. The zero-order chi connectivity index (χ0) is 21.6. The van der Waals surface area contributed by atoms with E-state index in [1.54, 1.807) is 6.07 Å². The molecule has 0 saturated heterocycles. The van der Waals surface area contributed by atoms with Gasteiger partial charge < -0.3 is 15.0 Å². The van der Waals surface area contributed by atoms with Crippen molar-refractivity contribution in [1.82, 2.24) is 9.91 Å². The van der Waals surface area contributed by atoms with E-state index in [-0.39, 0.29) is 5.69 Å². The van der Waals surface area contributed by atoms with E-state index < -0.39 is 36.0 Å². The SMILES string of the molecule is CN1C(=O)N(C(=O)Nc2ccc(OC(F)(F)F)cc2)N=C2c3ccc(F)cc3CC21. The number of nitrogens with one attached hydrogen (secondary N) is 1. The Kier molecular flexibility index (Phi) is 4.60. The highest BCUT2D eigenvalue weighted by molar-refractivity contribution is 6.14. The molecule has 0 radical (unpaired) electrons. The highest BCUT2D eigenvalue weighted by Crippen LogP contribution is 2.31. The molecule has 0 saturated carbocycles. The van der Waals surface area contributed by atoms with Crippen LogP contribution in [0.5, 0.6) is 5.75 Å². The van der Waals surface area contributed by atoms with Crippen molar-refractivity contribution in [3.8, 4) is 5.75 Å². The minimum atomic E-state index is -4.83. The summed E-state index contributed by atoms with van der Waals surface area (Å²) in [4.78, 5) is 26.5. The topological polar surface area (TPSA) is 74.2 Å². The molecule has 1 aliphatic heterocycles. The fraction of sp³-hybridized carbons (Fsp3) is 0.211. The summed E-state index contributed by atoms with van der Waals surface area (Å²) in [6, 6.07) is 6.62. The number of alkyl halides is 3. The van der Waals surface area contributed by atoms with E-state index in [1.807, 2.05) is 0 Å². The highest BCUT2D eigenvalue weighted by Gasteiger charge is 2.42. The first-order valence-electron chi connectivity index (χ1n) is 8.73. The summed E-state index contributed by atoms with van der Waals surface area (Å²) in [7, 11) is 1.51. The number of fused-ring (bicyclic) bond motifs is 3. The van der Waals surface area contributed by atoms with Crippen molar-refractivity contribution in [3.63, 3.8) is 0 Å². The van der Waals surface area contributed by atoms with Gasteiger partial charge in [-0.15, -0.1) is 18.2 Å². The Labute approximate surface area is 167 Å². The van der Waals surface area contributed by atoms with Crippen LogP contribution in [0.4, 0.5) is 32.8 Å². The van der Waals surface area contributed by atoms with Crippen LogP contribution >= 0.6 is 0 Å². The molecule has 0 fully saturated rings. The van der Waals surface area contributed by atoms with Gasteiger partial charge in [-0.1, -0.05) is 0 Å². The Balaban J connectivity index is 1.55. The molecule has 156 valence electrons. The largest absolute Gasteiger partial charge is 0.573 e. The monoisotopic (exact) mass is 422 g/mol. The number of carbonyl (C=O) groups excluding carboxylic acids is 2. The van der Waals surface area contributed by atoms with Crippen molar-refractivity contribution < 1.29 is 31.9 Å². The summed E-state index contributed by atoms with van der Waals surface area (Å²) in [6.45, 7) is 0. The van der Waals surface area contributed by atoms with Crippen LogP contribution in [0, 0.1) is 5.82 Å². The number of imide groups is 1. The first-order chi connectivity index (χ1) is 14.1. The van der Waals surface area contributed by atoms with Crippen LogP contribution in [0.1, 0.15) is 11.1 Å². The normalized spacial score (nSPS) is 18.0. The van der Waals surface area contributed by atoms with Crippen molar-refractivity contribution in [2.75, 3.05) is 12.4 Å². The van der Waals surface area contributed by atoms with Crippen molar-refractivity contribution in [3.05, 3.63) is 59.4 Å². The number of ether oxygens (including phenoxy) is 1. The molecular formula is C19H14F4N4O3. The zero-order valence-electron chi connectivity index (χ0n) is 15.4. The maximum absolute atomic E-state index is 13.5. The second kappa shape index (κ2) is 7.01. The predicted molar refractivity (Wildman–Crippen MR) is 97.6 cm³/mol. The number of amides is 4. The van der Waals surface area contributed by atoms with Gasteiger partial charge in [0.2, 0.25) is 0 Å². The van der Waals surface area contributed by atoms with Gasteiger partial charge in [0.05, 0.1) is 11.8 Å². The molecule has 4 amide bonds. The minimum absolute atomic E-state index is 0.140. The van der Waals surface area contributed by atoms with E-state index >= 15 is 0 Å². The molecule has 30 heavy (non-hydrogen) atoms. The van der Waals surface area contributed by atoms with Crippen LogP contribution in [0.25, 0.3) is 0 Å². The standard InChI is InChI=1S/C19H14F4N4O3/c1-26-15-9-10-8-11(20)2-7-14(10)16(15)25-27(18(26)29)17(28)24-12-3-5-13(6-4-12)30-19(21,22)23/h2-8,15H,9H2,1H3,(H,24,28). The average Bonchev–Trinajstić information content (AvgIpc) is 3.02. The van der Waals surface area contributed by atoms with Gasteiger partial charge in [0, 0.05) is 18.3 Å². The number of likely N-dealkylation sites (N-methyl/N-ethyl adjacent to an activating group) is 1. The van der Waals surface area contributed by atoms with Crippen molar-refractivity contribution in [1.29, 1.82) is 0 Å². The summed E-state index contributed by atoms with van der Waals surface area (Å²) in [5.41, 5.74) is 1.92. The number of hydrogen-bond acceptors (Lipinski definition) is 4. The van der Waals surface area contributed by atoms with Crippen LogP contribution in [0.15, 0.2) is 47.6 Å². The van der Waals surface area contributed by atoms with Gasteiger partial charge in [-0.3, -0.25) is 0 Å². The first kappa shape index (κ1) is 19.7. The lowest BCUT2D eigenvalue weighted by molar-refractivity contribution is -0.274. The zero-order valence-corrected chi connectivity index (χ0v) is 15.4. The third-order valence-electron chi connectivity index (χ3n) is 4.76. The van der Waals surface area contributed by atoms with Crippen LogP contribution in [-0.4, -0.2) is 47.1 Å². The third kappa shape index (κ3) is 3.65. The number of urea groups is 2. The van der Waals surface area contributed by atoms with Gasteiger partial charge in [0.15, 0.2) is 0 Å². The number of anilines is 1. The number of hydrogen-bond donors (Lipinski definition) is 1. The lowest BCUT2D eigenvalue weighted by atomic mass is 10.1. The molecule has 2 aliphatic rings. The molecule has 1 N–H and O–H groups in total. The van der Waals surface area contributed by atoms with Gasteiger partial charge in [0.1, 0.15) is 11.6 Å². The van der Waals surface area contributed by atoms with Crippen molar-refractivity contribution in [2.45, 2.75) is 18.8 Å². The number of carbonyl (C=O) groups is 2. The minimum Gasteiger partial charge on any atom is -0.406 e. The second-order valence-corrected chi connectivity index (χ2v) is 6.71. The van der Waals surface area contributed by atoms with E-state index in [0.29, 0.717) is 28.3 Å². The van der Waals surface area contributed by atoms with E-state index in [9.17, 15) is 27.2 Å². The Hall–Kier alpha value is -3.63. The first-order valence-corrected chi connectivity index (χ1v) is 8.73. The molecule has 7 nitrogen and oxygen atoms in total. The Bertz CT molecular complexity index is 1050. The van der Waals surface area contributed by atoms with E-state index in [2.05, 4.69) is 15.2 Å². The molecule has 2 aromatic rings. The van der Waals surface area contributed by atoms with Crippen molar-refractivity contribution >= 4 is 23.5 Å². The molecule has 11 heteroatoms. The molecule has 0 aromatic heterocycles. The lowest BCUT2D eigenvalue weighted by Crippen LogP contribution is -2.54. The number of nitrogens with zero attached hydrogens (tertiary/aromatic N) is 3. The third-order valence-corrected chi connectivity index (χ3v) is 4.76. The maximum Gasteiger partial charge on any atom is 0.573 e. The maximum atomic E-state index is 13.5. The molecule has 2 aromatic carbocycles. The van der Waals surface area contributed by atoms with Crippen LogP contribution in [-0.2, 0) is 6.42 Å². The number of rotatable bonds is 2. The summed E-state index contributed by atoms with van der Waals surface area (Å²) >= 11 is 0. The summed E-state index contributed by atoms with van der Waals surface area (Å²) in [5, 5.41) is 7.19. The molecule has 4 rings (SSSR count). The molecule has 1 heterocycles. The number of halogens is 4. The second-order valence-electron chi connectivity index (χ2n) is 6.71. The fourth-order valence-electron chi connectivity index (χ4n) is 3.39. The smallest absolute Gasteiger partial charge is 0.406 e. The van der Waals surface area contributed by atoms with Gasteiger partial charge in [-0.2, -0.15) is 5.10 Å². The number of hydrazone groups is 1. The van der Waals surface area contributed by atoms with Gasteiger partial charge in [-0.25, -0.2) is 14.0 Å². The molecule has 1 atom stereocenters. The van der Waals surface area contributed by atoms with E-state index in [1.165, 1.54) is 36.2 Å². The predicted octanol–water partition coefficient (Wildman–Crippen LogP) is 3.95. The van der Waals surface area contributed by atoms with Crippen LogP contribution in [0.3, 0.4) is 0 Å². The molecule has 0 spiro atoms. The highest BCUT2D eigenvalue weighted by atomic mass is 19.4. The quantitative estimate of drug-likeness (QED) is 0.745. The molecule has 1 unspecified atom stereocenters. The summed E-state index contributed by atoms with van der Waals surface area (Å²) in [5.74, 6) is -0.860. The Morgan fingerprint density at radius 2 is 1.90 bits per heavy atom. The van der Waals surface area contributed by atoms with E-state index in [4.69, 9.17) is 0 Å².